The Kier molecular flexibility index (Phi) is 3.89. The summed E-state index contributed by atoms with van der Waals surface area (Å²) in [4.78, 5) is 36.1. The van der Waals surface area contributed by atoms with Gasteiger partial charge < -0.3 is 10.5 Å². The highest BCUT2D eigenvalue weighted by molar-refractivity contribution is 5.96. The molecule has 1 aromatic rings. The monoisotopic (exact) mass is 341 g/mol. The van der Waals surface area contributed by atoms with Crippen LogP contribution in [0.2, 0.25) is 0 Å². The quantitative estimate of drug-likeness (QED) is 0.834. The third-order valence-electron chi connectivity index (χ3n) is 6.37. The second-order valence-electron chi connectivity index (χ2n) is 8.14. The van der Waals surface area contributed by atoms with Gasteiger partial charge in [-0.25, -0.2) is 4.79 Å². The second kappa shape index (κ2) is 5.97. The van der Waals surface area contributed by atoms with Gasteiger partial charge >= 0.3 is 5.97 Å². The number of ketones is 1. The number of nitrogens with two attached hydrogens (primary N) is 1. The first kappa shape index (κ1) is 16.3. The van der Waals surface area contributed by atoms with Gasteiger partial charge in [0.05, 0.1) is 5.56 Å². The minimum atomic E-state index is -0.545. The molecule has 0 atom stereocenters. The molecule has 5 rings (SSSR count). The summed E-state index contributed by atoms with van der Waals surface area (Å²) < 4.78 is 5.28. The molecule has 1 amide bonds. The van der Waals surface area contributed by atoms with Crippen molar-refractivity contribution in [1.29, 1.82) is 0 Å². The zero-order chi connectivity index (χ0) is 17.6. The third kappa shape index (κ3) is 2.96. The van der Waals surface area contributed by atoms with Crippen molar-refractivity contribution in [1.82, 2.24) is 0 Å². The first-order valence-corrected chi connectivity index (χ1v) is 9.05. The summed E-state index contributed by atoms with van der Waals surface area (Å²) in [5, 5.41) is 0. The lowest BCUT2D eigenvalue weighted by Gasteiger charge is -2.55. The number of primary amides is 1. The highest BCUT2D eigenvalue weighted by Gasteiger charge is 2.54. The maximum atomic E-state index is 12.8. The van der Waals surface area contributed by atoms with E-state index in [2.05, 4.69) is 0 Å². The van der Waals surface area contributed by atoms with Crippen LogP contribution < -0.4 is 5.73 Å². The highest BCUT2D eigenvalue weighted by Crippen LogP contribution is 2.60. The van der Waals surface area contributed by atoms with Gasteiger partial charge in [0.15, 0.2) is 12.4 Å². The summed E-state index contributed by atoms with van der Waals surface area (Å²) in [7, 11) is 0. The highest BCUT2D eigenvalue weighted by atomic mass is 16.5. The number of Topliss-reactive ketones (excluding diaryl/α,β-unsaturated/α-hetero) is 1. The molecule has 5 nitrogen and oxygen atoms in total. The van der Waals surface area contributed by atoms with Gasteiger partial charge in [0.2, 0.25) is 5.91 Å². The number of carbonyl (C=O) groups excluding carboxylic acids is 3. The standard InChI is InChI=1S/C20H23NO4/c21-18(23)15-1-3-16(4-2-15)19(24)25-11-17(22)20-8-12-5-13(9-20)7-14(6-12)10-20/h1-4,12-14H,5-11H2,(H2,21,23). The van der Waals surface area contributed by atoms with Gasteiger partial charge in [-0.15, -0.1) is 0 Å². The number of carbonyl (C=O) groups is 3. The van der Waals surface area contributed by atoms with Crippen LogP contribution in [-0.2, 0) is 9.53 Å². The van der Waals surface area contributed by atoms with Crippen molar-refractivity contribution in [2.24, 2.45) is 28.9 Å². The molecule has 0 heterocycles. The SMILES string of the molecule is NC(=O)c1ccc(C(=O)OCC(=O)C23CC4CC(CC(C4)C2)C3)cc1. The molecular formula is C20H23NO4. The molecular weight excluding hydrogens is 318 g/mol. The van der Waals surface area contributed by atoms with E-state index in [1.807, 2.05) is 0 Å². The number of amides is 1. The molecule has 0 saturated heterocycles. The van der Waals surface area contributed by atoms with Gasteiger partial charge in [-0.05, 0) is 80.5 Å². The Labute approximate surface area is 146 Å². The van der Waals surface area contributed by atoms with Crippen molar-refractivity contribution >= 4 is 17.7 Å². The van der Waals surface area contributed by atoms with Gasteiger partial charge in [-0.3, -0.25) is 9.59 Å². The number of hydrogen-bond donors (Lipinski definition) is 1. The number of esters is 1. The van der Waals surface area contributed by atoms with Gasteiger partial charge in [0, 0.05) is 11.0 Å². The van der Waals surface area contributed by atoms with Crippen LogP contribution in [0.15, 0.2) is 24.3 Å². The van der Waals surface area contributed by atoms with Crippen LogP contribution in [0.3, 0.4) is 0 Å². The molecule has 2 N–H and O–H groups in total. The van der Waals surface area contributed by atoms with E-state index < -0.39 is 11.9 Å². The average molecular weight is 341 g/mol. The van der Waals surface area contributed by atoms with Crippen molar-refractivity contribution < 1.29 is 19.1 Å². The predicted octanol–water partition coefficient (Wildman–Crippen LogP) is 2.73. The van der Waals surface area contributed by atoms with Gasteiger partial charge in [-0.1, -0.05) is 0 Å². The Hall–Kier alpha value is -2.17. The molecule has 0 radical (unpaired) electrons. The van der Waals surface area contributed by atoms with Crippen LogP contribution in [0.1, 0.15) is 59.2 Å². The van der Waals surface area contributed by atoms with E-state index in [4.69, 9.17) is 10.5 Å². The number of rotatable bonds is 5. The number of hydrogen-bond acceptors (Lipinski definition) is 4. The van der Waals surface area contributed by atoms with Gasteiger partial charge in [0.1, 0.15) is 0 Å². The Morgan fingerprint density at radius 2 is 1.40 bits per heavy atom. The van der Waals surface area contributed by atoms with Crippen molar-refractivity contribution in [3.05, 3.63) is 35.4 Å². The van der Waals surface area contributed by atoms with Gasteiger partial charge in [-0.2, -0.15) is 0 Å². The summed E-state index contributed by atoms with van der Waals surface area (Å²) in [6, 6.07) is 5.97. The van der Waals surface area contributed by atoms with Crippen molar-refractivity contribution in [3.63, 3.8) is 0 Å². The summed E-state index contributed by atoms with van der Waals surface area (Å²) in [5.74, 6) is 1.08. The smallest absolute Gasteiger partial charge is 0.338 e. The number of ether oxygens (including phenoxy) is 1. The van der Waals surface area contributed by atoms with E-state index >= 15 is 0 Å². The fourth-order valence-corrected chi connectivity index (χ4v) is 5.59. The fourth-order valence-electron chi connectivity index (χ4n) is 5.59. The van der Waals surface area contributed by atoms with E-state index in [1.165, 1.54) is 43.5 Å². The Balaban J connectivity index is 1.38. The molecule has 5 heteroatoms. The van der Waals surface area contributed by atoms with E-state index in [0.717, 1.165) is 19.3 Å². The molecule has 4 aliphatic carbocycles. The van der Waals surface area contributed by atoms with Crippen LogP contribution in [0.25, 0.3) is 0 Å². The lowest BCUT2D eigenvalue weighted by molar-refractivity contribution is -0.147. The van der Waals surface area contributed by atoms with Crippen molar-refractivity contribution in [2.75, 3.05) is 6.61 Å². The van der Waals surface area contributed by atoms with Crippen LogP contribution >= 0.6 is 0 Å². The predicted molar refractivity (Wildman–Crippen MR) is 90.9 cm³/mol. The molecule has 25 heavy (non-hydrogen) atoms. The van der Waals surface area contributed by atoms with Gasteiger partial charge in [0.25, 0.3) is 0 Å². The Morgan fingerprint density at radius 3 is 1.88 bits per heavy atom. The molecule has 4 fully saturated rings. The molecule has 0 aliphatic heterocycles. The summed E-state index contributed by atoms with van der Waals surface area (Å²) in [6.45, 7) is -0.150. The molecule has 1 aromatic carbocycles. The average Bonchev–Trinajstić information content (AvgIpc) is 2.58. The normalized spacial score (nSPS) is 32.4. The minimum Gasteiger partial charge on any atom is -0.454 e. The number of benzene rings is 1. The van der Waals surface area contributed by atoms with Crippen molar-refractivity contribution in [3.8, 4) is 0 Å². The molecule has 0 spiro atoms. The summed E-state index contributed by atoms with van der Waals surface area (Å²) in [5.41, 5.74) is 5.59. The van der Waals surface area contributed by atoms with E-state index in [9.17, 15) is 14.4 Å². The first-order chi connectivity index (χ1) is 11.9. The zero-order valence-electron chi connectivity index (χ0n) is 14.2. The van der Waals surface area contributed by atoms with Crippen LogP contribution in [0.4, 0.5) is 0 Å². The van der Waals surface area contributed by atoms with Crippen molar-refractivity contribution in [2.45, 2.75) is 38.5 Å². The van der Waals surface area contributed by atoms with E-state index in [1.54, 1.807) is 0 Å². The molecule has 4 aliphatic rings. The summed E-state index contributed by atoms with van der Waals surface area (Å²) >= 11 is 0. The Morgan fingerprint density at radius 1 is 0.920 bits per heavy atom. The molecule has 4 saturated carbocycles. The van der Waals surface area contributed by atoms with Crippen LogP contribution in [0, 0.1) is 23.2 Å². The minimum absolute atomic E-state index is 0.0914. The van der Waals surface area contributed by atoms with E-state index in [0.29, 0.717) is 28.9 Å². The lowest BCUT2D eigenvalue weighted by Crippen LogP contribution is -2.51. The second-order valence-corrected chi connectivity index (χ2v) is 8.14. The first-order valence-electron chi connectivity index (χ1n) is 9.05. The lowest BCUT2D eigenvalue weighted by atomic mass is 9.48. The van der Waals surface area contributed by atoms with Crippen LogP contribution in [-0.4, -0.2) is 24.3 Å². The molecule has 0 aromatic heterocycles. The largest absolute Gasteiger partial charge is 0.454 e. The third-order valence-corrected chi connectivity index (χ3v) is 6.37. The maximum absolute atomic E-state index is 12.8. The molecule has 4 bridgehead atoms. The zero-order valence-corrected chi connectivity index (χ0v) is 14.2. The molecule has 0 unspecified atom stereocenters. The summed E-state index contributed by atoms with van der Waals surface area (Å²) in [6.07, 6.45) is 6.75. The topological polar surface area (TPSA) is 86.5 Å². The van der Waals surface area contributed by atoms with E-state index in [-0.39, 0.29) is 17.8 Å². The molecule has 132 valence electrons. The Bertz CT molecular complexity index is 686. The maximum Gasteiger partial charge on any atom is 0.338 e. The fraction of sp³-hybridized carbons (Fsp3) is 0.550. The van der Waals surface area contributed by atoms with Crippen LogP contribution in [0.5, 0.6) is 0 Å².